The first-order valence-electron chi connectivity index (χ1n) is 7.36. The van der Waals surface area contributed by atoms with Gasteiger partial charge in [0.15, 0.2) is 5.17 Å². The van der Waals surface area contributed by atoms with Gasteiger partial charge >= 0.3 is 0 Å². The molecule has 5 N–H and O–H groups in total. The third-order valence-electron chi connectivity index (χ3n) is 3.42. The van der Waals surface area contributed by atoms with Crippen LogP contribution in [0, 0.1) is 0 Å². The Morgan fingerprint density at radius 1 is 1.20 bits per heavy atom. The van der Waals surface area contributed by atoms with E-state index in [9.17, 15) is 4.79 Å². The van der Waals surface area contributed by atoms with E-state index in [1.54, 1.807) is 18.3 Å². The second kappa shape index (κ2) is 7.18. The Kier molecular flexibility index (Phi) is 4.80. The number of amidine groups is 1. The van der Waals surface area contributed by atoms with E-state index in [0.717, 1.165) is 10.9 Å². The van der Waals surface area contributed by atoms with Crippen LogP contribution in [0.25, 0.3) is 10.9 Å². The summed E-state index contributed by atoms with van der Waals surface area (Å²) in [7, 11) is 0. The summed E-state index contributed by atoms with van der Waals surface area (Å²) in [6.07, 6.45) is 4.88. The number of hydrogen-bond donors (Lipinski definition) is 3. The highest BCUT2D eigenvalue weighted by molar-refractivity contribution is 8.13. The first-order valence-corrected chi connectivity index (χ1v) is 8.59. The van der Waals surface area contributed by atoms with E-state index >= 15 is 0 Å². The van der Waals surface area contributed by atoms with Crippen molar-refractivity contribution < 1.29 is 4.79 Å². The Hall–Kier alpha value is -3.13. The molecule has 0 spiro atoms. The van der Waals surface area contributed by atoms with E-state index in [-0.39, 0.29) is 11.6 Å². The van der Waals surface area contributed by atoms with E-state index in [4.69, 9.17) is 11.5 Å². The number of rotatable bonds is 3. The fraction of sp³-hybridized carbons (Fsp3) is 0.0588. The Bertz CT molecular complexity index is 955. The van der Waals surface area contributed by atoms with Gasteiger partial charge in [0.25, 0.3) is 5.91 Å². The minimum absolute atomic E-state index is 0.271. The van der Waals surface area contributed by atoms with Crippen LogP contribution in [0.2, 0.25) is 0 Å². The molecular formula is C17H16N6OS. The van der Waals surface area contributed by atoms with E-state index < -0.39 is 0 Å². The number of benzene rings is 1. The monoisotopic (exact) mass is 352 g/mol. The summed E-state index contributed by atoms with van der Waals surface area (Å²) >= 11 is 1.36. The van der Waals surface area contributed by atoms with Crippen LogP contribution in [0.1, 0.15) is 10.5 Å². The van der Waals surface area contributed by atoms with Crippen LogP contribution in [-0.4, -0.2) is 27.3 Å². The topological polar surface area (TPSA) is 119 Å². The molecule has 25 heavy (non-hydrogen) atoms. The number of fused-ring (bicyclic) bond motifs is 1. The number of nitrogens with one attached hydrogen (secondary N) is 1. The van der Waals surface area contributed by atoms with Gasteiger partial charge in [-0.25, -0.2) is 9.98 Å². The molecule has 3 aromatic rings. The van der Waals surface area contributed by atoms with Crippen molar-refractivity contribution in [2.75, 3.05) is 17.3 Å². The van der Waals surface area contributed by atoms with Gasteiger partial charge < -0.3 is 16.8 Å². The first kappa shape index (κ1) is 16.7. The van der Waals surface area contributed by atoms with Gasteiger partial charge in [0.2, 0.25) is 0 Å². The minimum atomic E-state index is -0.342. The average molecular weight is 352 g/mol. The molecule has 0 unspecified atom stereocenters. The lowest BCUT2D eigenvalue weighted by Crippen LogP contribution is -2.13. The number of anilines is 2. The zero-order valence-electron chi connectivity index (χ0n) is 13.4. The van der Waals surface area contributed by atoms with Crippen molar-refractivity contribution in [1.82, 2.24) is 9.97 Å². The molecule has 0 bridgehead atoms. The molecule has 8 heteroatoms. The van der Waals surface area contributed by atoms with Crippen LogP contribution < -0.4 is 16.8 Å². The molecule has 1 amide bonds. The van der Waals surface area contributed by atoms with Gasteiger partial charge in [-0.2, -0.15) is 0 Å². The van der Waals surface area contributed by atoms with E-state index in [1.807, 2.05) is 30.5 Å². The lowest BCUT2D eigenvalue weighted by Gasteiger charge is -2.07. The number of thioether (sulfide) groups is 1. The normalized spacial score (nSPS) is 11.5. The molecule has 7 nitrogen and oxygen atoms in total. The minimum Gasteiger partial charge on any atom is -0.397 e. The number of pyridine rings is 2. The number of aromatic nitrogens is 2. The molecule has 1 aromatic carbocycles. The largest absolute Gasteiger partial charge is 0.397 e. The predicted octanol–water partition coefficient (Wildman–Crippen LogP) is 2.77. The van der Waals surface area contributed by atoms with Crippen molar-refractivity contribution in [3.8, 4) is 0 Å². The van der Waals surface area contributed by atoms with E-state index in [0.29, 0.717) is 22.2 Å². The predicted molar refractivity (Wildman–Crippen MR) is 103 cm³/mol. The number of aliphatic imine (C=N–C) groups is 1. The fourth-order valence-electron chi connectivity index (χ4n) is 2.20. The Balaban J connectivity index is 1.93. The van der Waals surface area contributed by atoms with Crippen LogP contribution in [-0.2, 0) is 0 Å². The number of carbonyl (C=O) groups is 1. The van der Waals surface area contributed by atoms with Gasteiger partial charge in [0.05, 0.1) is 35.0 Å². The van der Waals surface area contributed by atoms with Gasteiger partial charge in [0.1, 0.15) is 5.69 Å². The number of carbonyl (C=O) groups excluding carboxylic acids is 1. The van der Waals surface area contributed by atoms with Gasteiger partial charge in [-0.05, 0) is 36.6 Å². The quantitative estimate of drug-likeness (QED) is 0.492. The zero-order valence-corrected chi connectivity index (χ0v) is 14.2. The van der Waals surface area contributed by atoms with Gasteiger partial charge in [-0.1, -0.05) is 17.8 Å². The van der Waals surface area contributed by atoms with Gasteiger partial charge in [-0.15, -0.1) is 0 Å². The molecule has 0 aliphatic carbocycles. The Morgan fingerprint density at radius 2 is 2.04 bits per heavy atom. The van der Waals surface area contributed by atoms with Crippen molar-refractivity contribution in [2.24, 2.45) is 10.7 Å². The lowest BCUT2D eigenvalue weighted by molar-refractivity contribution is 0.102. The third kappa shape index (κ3) is 3.86. The summed E-state index contributed by atoms with van der Waals surface area (Å²) in [6, 6.07) is 10.6. The highest BCUT2D eigenvalue weighted by Gasteiger charge is 2.09. The maximum Gasteiger partial charge on any atom is 0.274 e. The molecule has 2 heterocycles. The van der Waals surface area contributed by atoms with Gasteiger partial charge in [0, 0.05) is 5.39 Å². The molecule has 0 radical (unpaired) electrons. The number of nitrogen functional groups attached to an aromatic ring is 1. The van der Waals surface area contributed by atoms with Crippen molar-refractivity contribution >= 4 is 50.8 Å². The molecule has 0 aliphatic heterocycles. The molecule has 0 fully saturated rings. The van der Waals surface area contributed by atoms with E-state index in [2.05, 4.69) is 20.3 Å². The molecule has 2 aromatic heterocycles. The summed E-state index contributed by atoms with van der Waals surface area (Å²) in [5, 5.41) is 4.02. The van der Waals surface area contributed by atoms with E-state index in [1.165, 1.54) is 18.0 Å². The molecule has 0 saturated heterocycles. The highest BCUT2D eigenvalue weighted by atomic mass is 32.2. The number of hydrogen-bond acceptors (Lipinski definition) is 6. The molecule has 126 valence electrons. The third-order valence-corrected chi connectivity index (χ3v) is 3.93. The number of nitrogens with two attached hydrogens (primary N) is 2. The number of amides is 1. The molecule has 0 atom stereocenters. The Labute approximate surface area is 148 Å². The summed E-state index contributed by atoms with van der Waals surface area (Å²) in [4.78, 5) is 25.0. The second-order valence-electron chi connectivity index (χ2n) is 5.15. The molecule has 0 aliphatic rings. The SMILES string of the molecule is CS/C(N)=N\c1cccc2ncc(NC(=O)c3ccc(N)cn3)cc12. The zero-order chi connectivity index (χ0) is 17.8. The molecule has 0 saturated carbocycles. The standard InChI is InChI=1S/C17H16N6OS/c1-25-17(19)23-14-4-2-3-13-12(14)7-11(9-21-13)22-16(24)15-6-5-10(18)8-20-15/h2-9H,18H2,1H3,(H2,19,23)(H,22,24). The average Bonchev–Trinajstić information content (AvgIpc) is 2.62. The fourth-order valence-corrected chi connectivity index (χ4v) is 2.39. The van der Waals surface area contributed by atoms with Gasteiger partial charge in [-0.3, -0.25) is 9.78 Å². The van der Waals surface area contributed by atoms with Crippen molar-refractivity contribution in [2.45, 2.75) is 0 Å². The highest BCUT2D eigenvalue weighted by Crippen LogP contribution is 2.27. The first-order chi connectivity index (χ1) is 12.1. The van der Waals surface area contributed by atoms with Crippen molar-refractivity contribution in [3.63, 3.8) is 0 Å². The Morgan fingerprint density at radius 3 is 2.76 bits per heavy atom. The maximum absolute atomic E-state index is 12.3. The smallest absolute Gasteiger partial charge is 0.274 e. The van der Waals surface area contributed by atoms with Crippen LogP contribution in [0.4, 0.5) is 17.1 Å². The summed E-state index contributed by atoms with van der Waals surface area (Å²) in [5.74, 6) is -0.342. The summed E-state index contributed by atoms with van der Waals surface area (Å²) in [6.45, 7) is 0. The van der Waals surface area contributed by atoms with Crippen LogP contribution in [0.15, 0.2) is 53.8 Å². The molecular weight excluding hydrogens is 336 g/mol. The molecule has 3 rings (SSSR count). The van der Waals surface area contributed by atoms with Crippen LogP contribution in [0.5, 0.6) is 0 Å². The number of nitrogens with zero attached hydrogens (tertiary/aromatic N) is 3. The second-order valence-corrected chi connectivity index (χ2v) is 5.98. The van der Waals surface area contributed by atoms with Crippen molar-refractivity contribution in [3.05, 3.63) is 54.5 Å². The lowest BCUT2D eigenvalue weighted by atomic mass is 10.1. The van der Waals surface area contributed by atoms with Crippen LogP contribution in [0.3, 0.4) is 0 Å². The maximum atomic E-state index is 12.3. The van der Waals surface area contributed by atoms with Crippen molar-refractivity contribution in [1.29, 1.82) is 0 Å². The van der Waals surface area contributed by atoms with Crippen LogP contribution >= 0.6 is 11.8 Å². The summed E-state index contributed by atoms with van der Waals surface area (Å²) < 4.78 is 0. The summed E-state index contributed by atoms with van der Waals surface area (Å²) in [5.41, 5.74) is 14.2.